The number of benzene rings is 1. The number of rotatable bonds is 9. The zero-order valence-corrected chi connectivity index (χ0v) is 34.7. The van der Waals surface area contributed by atoms with Gasteiger partial charge in [-0.1, -0.05) is 45.0 Å². The van der Waals surface area contributed by atoms with Gasteiger partial charge < -0.3 is 35.1 Å². The van der Waals surface area contributed by atoms with Crippen molar-refractivity contribution in [1.29, 1.82) is 0 Å². The lowest BCUT2D eigenvalue weighted by molar-refractivity contribution is -0.145. The molecule has 2 fully saturated rings. The van der Waals surface area contributed by atoms with E-state index in [1.54, 1.807) is 52.5 Å². The molecule has 1 aromatic rings. The molecule has 3 heterocycles. The molecule has 57 heavy (non-hydrogen) atoms. The largest absolute Gasteiger partial charge is 0.444 e. The standard InChI is InChI=1S/C40H58N6O10S/c1-8-9-15-29(34(48)44-57(53)27-16-17-27)41-35(49)31-19-26-21-46(31)36(50)32(39(2,3)4)43-33(47)30(42-37(51)56-40(5,6)7)23-54-18-11-14-24-12-10-13-25-20-45(22-28(24)25)38(52)55-26/h8,10,12-13,26-27,29-32H,1,9,11,14-23H2,2-7H3,(H,41,49)(H,42,51)(H,43,47)(H,44,48). The Hall–Kier alpha value is -4.51. The van der Waals surface area contributed by atoms with Gasteiger partial charge in [-0.15, -0.1) is 6.58 Å². The van der Waals surface area contributed by atoms with Crippen LogP contribution in [0.15, 0.2) is 30.9 Å². The van der Waals surface area contributed by atoms with Gasteiger partial charge in [-0.25, -0.2) is 13.8 Å². The van der Waals surface area contributed by atoms with E-state index >= 15 is 0 Å². The van der Waals surface area contributed by atoms with E-state index < -0.39 is 88.1 Å². The van der Waals surface area contributed by atoms with Crippen molar-refractivity contribution < 1.29 is 47.2 Å². The number of fused-ring (bicyclic) bond motifs is 3. The van der Waals surface area contributed by atoms with Crippen molar-refractivity contribution in [3.8, 4) is 0 Å². The monoisotopic (exact) mass is 814 g/mol. The lowest BCUT2D eigenvalue weighted by Crippen LogP contribution is -2.61. The van der Waals surface area contributed by atoms with Crippen molar-refractivity contribution in [1.82, 2.24) is 30.5 Å². The minimum atomic E-state index is -1.60. The van der Waals surface area contributed by atoms with E-state index in [-0.39, 0.29) is 37.9 Å². The number of hydrogen-bond acceptors (Lipinski definition) is 10. The summed E-state index contributed by atoms with van der Waals surface area (Å²) in [6.07, 6.45) is 2.39. The van der Waals surface area contributed by atoms with E-state index in [9.17, 15) is 33.0 Å². The molecule has 6 unspecified atom stereocenters. The van der Waals surface area contributed by atoms with Crippen molar-refractivity contribution in [3.05, 3.63) is 47.5 Å². The van der Waals surface area contributed by atoms with Gasteiger partial charge in [-0.05, 0) is 81.4 Å². The molecule has 16 nitrogen and oxygen atoms in total. The SMILES string of the molecule is C=CCCC(NC(=O)C1CC2CN1C(=O)C(C(C)(C)C)NC(=O)C(NC(=O)OC(C)(C)C)COCCCc1cccc3c1CN(C3)C(=O)O2)C(=O)NS(=O)C1CC1. The van der Waals surface area contributed by atoms with Crippen LogP contribution in [0.1, 0.15) is 96.8 Å². The number of nitrogens with one attached hydrogen (secondary N) is 4. The number of carbonyl (C=O) groups is 6. The van der Waals surface area contributed by atoms with E-state index in [2.05, 4.69) is 27.3 Å². The second-order valence-electron chi connectivity index (χ2n) is 17.2. The summed E-state index contributed by atoms with van der Waals surface area (Å²) in [5.74, 6) is -2.65. The first-order valence-corrected chi connectivity index (χ1v) is 20.9. The van der Waals surface area contributed by atoms with Crippen molar-refractivity contribution in [3.63, 3.8) is 0 Å². The second kappa shape index (κ2) is 18.4. The Morgan fingerprint density at radius 1 is 1.09 bits per heavy atom. The van der Waals surface area contributed by atoms with Crippen LogP contribution in [0.25, 0.3) is 0 Å². The molecule has 1 saturated heterocycles. The molecular weight excluding hydrogens is 757 g/mol. The fourth-order valence-electron chi connectivity index (χ4n) is 7.06. The fraction of sp³-hybridized carbons (Fsp3) is 0.650. The van der Waals surface area contributed by atoms with Gasteiger partial charge in [0.05, 0.1) is 18.4 Å². The van der Waals surface area contributed by atoms with Crippen LogP contribution in [0.2, 0.25) is 0 Å². The molecule has 6 amide bonds. The van der Waals surface area contributed by atoms with Gasteiger partial charge in [0.2, 0.25) is 17.7 Å². The maximum absolute atomic E-state index is 14.7. The summed E-state index contributed by atoms with van der Waals surface area (Å²) in [5.41, 5.74) is 1.27. The Balaban J connectivity index is 1.45. The molecule has 0 radical (unpaired) electrons. The topological polar surface area (TPSA) is 202 Å². The zero-order chi connectivity index (χ0) is 41.7. The van der Waals surface area contributed by atoms with Crippen molar-refractivity contribution in [2.75, 3.05) is 19.8 Å². The van der Waals surface area contributed by atoms with Crippen molar-refractivity contribution in [2.24, 2.45) is 5.41 Å². The summed E-state index contributed by atoms with van der Waals surface area (Å²) in [6.45, 7) is 14.6. The Kier molecular flexibility index (Phi) is 14.1. The number of hydrogen-bond donors (Lipinski definition) is 4. The molecular formula is C40H58N6O10S. The Morgan fingerprint density at radius 2 is 1.81 bits per heavy atom. The number of amides is 6. The quantitative estimate of drug-likeness (QED) is 0.269. The maximum atomic E-state index is 14.7. The highest BCUT2D eigenvalue weighted by atomic mass is 32.2. The number of alkyl carbamates (subject to hydrolysis) is 1. The molecule has 6 atom stereocenters. The maximum Gasteiger partial charge on any atom is 0.410 e. The summed E-state index contributed by atoms with van der Waals surface area (Å²) in [4.78, 5) is 85.7. The van der Waals surface area contributed by atoms with Crippen LogP contribution < -0.4 is 20.7 Å². The van der Waals surface area contributed by atoms with Crippen molar-refractivity contribution in [2.45, 2.75) is 141 Å². The summed E-state index contributed by atoms with van der Waals surface area (Å²) in [7, 11) is -1.60. The smallest absolute Gasteiger partial charge is 0.410 e. The molecule has 4 aliphatic rings. The number of allylic oxidation sites excluding steroid dienone is 1. The molecule has 0 spiro atoms. The molecule has 1 aliphatic carbocycles. The van der Waals surface area contributed by atoms with Crippen LogP contribution in [0.3, 0.4) is 0 Å². The number of carbonyl (C=O) groups excluding carboxylic acids is 6. The lowest BCUT2D eigenvalue weighted by atomic mass is 9.85. The molecule has 4 bridgehead atoms. The Labute approximate surface area is 337 Å². The van der Waals surface area contributed by atoms with Gasteiger partial charge in [0.1, 0.15) is 46.9 Å². The minimum absolute atomic E-state index is 0.0827. The van der Waals surface area contributed by atoms with Gasteiger partial charge >= 0.3 is 12.2 Å². The van der Waals surface area contributed by atoms with E-state index in [0.29, 0.717) is 32.4 Å². The van der Waals surface area contributed by atoms with E-state index in [4.69, 9.17) is 14.2 Å². The number of ether oxygens (including phenoxy) is 3. The van der Waals surface area contributed by atoms with Crippen LogP contribution >= 0.6 is 0 Å². The summed E-state index contributed by atoms with van der Waals surface area (Å²) in [5, 5.41) is 8.02. The molecule has 17 heteroatoms. The summed E-state index contributed by atoms with van der Waals surface area (Å²) in [6, 6.07) is 1.11. The highest BCUT2D eigenvalue weighted by Gasteiger charge is 2.47. The van der Waals surface area contributed by atoms with Gasteiger partial charge in [0.15, 0.2) is 0 Å². The lowest BCUT2D eigenvalue weighted by Gasteiger charge is -2.36. The highest BCUT2D eigenvalue weighted by Crippen LogP contribution is 2.31. The Morgan fingerprint density at radius 3 is 2.47 bits per heavy atom. The molecule has 1 aromatic carbocycles. The van der Waals surface area contributed by atoms with Gasteiger partial charge in [0.25, 0.3) is 5.91 Å². The Bertz CT molecular complexity index is 1740. The normalized spacial score (nSPS) is 24.5. The van der Waals surface area contributed by atoms with Crippen molar-refractivity contribution >= 4 is 46.8 Å². The predicted molar refractivity (Wildman–Crippen MR) is 210 cm³/mol. The first-order valence-electron chi connectivity index (χ1n) is 19.7. The van der Waals surface area contributed by atoms with E-state index in [1.165, 1.54) is 4.90 Å². The molecule has 4 N–H and O–H groups in total. The first kappa shape index (κ1) is 43.6. The van der Waals surface area contributed by atoms with Gasteiger partial charge in [-0.2, -0.15) is 0 Å². The third-order valence-electron chi connectivity index (χ3n) is 10.2. The average molecular weight is 815 g/mol. The summed E-state index contributed by atoms with van der Waals surface area (Å²) < 4.78 is 32.5. The fourth-order valence-corrected chi connectivity index (χ4v) is 8.13. The van der Waals surface area contributed by atoms with Crippen LogP contribution in [0.5, 0.6) is 0 Å². The molecule has 3 aliphatic heterocycles. The van der Waals surface area contributed by atoms with Gasteiger partial charge in [-0.3, -0.25) is 28.8 Å². The van der Waals surface area contributed by atoms with E-state index in [1.807, 2.05) is 18.2 Å². The van der Waals surface area contributed by atoms with E-state index in [0.717, 1.165) is 29.5 Å². The number of aryl methyl sites for hydroxylation is 1. The second-order valence-corrected chi connectivity index (χ2v) is 18.7. The van der Waals surface area contributed by atoms with Crippen LogP contribution in [0, 0.1) is 5.41 Å². The minimum Gasteiger partial charge on any atom is -0.444 e. The van der Waals surface area contributed by atoms with Crippen LogP contribution in [0.4, 0.5) is 9.59 Å². The highest BCUT2D eigenvalue weighted by molar-refractivity contribution is 7.84. The zero-order valence-electron chi connectivity index (χ0n) is 33.9. The summed E-state index contributed by atoms with van der Waals surface area (Å²) >= 11 is 0. The molecule has 5 rings (SSSR count). The number of nitrogens with zero attached hydrogens (tertiary/aromatic N) is 2. The molecule has 0 aromatic heterocycles. The van der Waals surface area contributed by atoms with Crippen LogP contribution in [-0.2, 0) is 63.9 Å². The molecule has 314 valence electrons. The third kappa shape index (κ3) is 11.8. The average Bonchev–Trinajstić information content (AvgIpc) is 3.75. The predicted octanol–water partition coefficient (Wildman–Crippen LogP) is 2.89. The third-order valence-corrected chi connectivity index (χ3v) is 11.7. The molecule has 1 saturated carbocycles. The van der Waals surface area contributed by atoms with Gasteiger partial charge in [0, 0.05) is 26.1 Å². The van der Waals surface area contributed by atoms with Crippen LogP contribution in [-0.4, -0.2) is 111 Å². The first-order chi connectivity index (χ1) is 26.8.